The van der Waals surface area contributed by atoms with Gasteiger partial charge in [0.2, 0.25) is 0 Å². The van der Waals surface area contributed by atoms with Crippen molar-refractivity contribution in [1.82, 2.24) is 4.90 Å². The Labute approximate surface area is 126 Å². The van der Waals surface area contributed by atoms with Crippen molar-refractivity contribution in [3.8, 4) is 11.5 Å². The number of aldehydes is 1. The molecule has 20 heavy (non-hydrogen) atoms. The summed E-state index contributed by atoms with van der Waals surface area (Å²) in [6.07, 6.45) is 2.83. The molecule has 0 aromatic heterocycles. The average Bonchev–Trinajstić information content (AvgIpc) is 2.99. The second kappa shape index (κ2) is 6.74. The summed E-state index contributed by atoms with van der Waals surface area (Å²) < 4.78 is 11.3. The first-order valence-electron chi connectivity index (χ1n) is 6.39. The Kier molecular flexibility index (Phi) is 5.00. The van der Waals surface area contributed by atoms with Crippen molar-refractivity contribution in [1.29, 1.82) is 0 Å². The third-order valence-corrected chi connectivity index (χ3v) is 3.78. The van der Waals surface area contributed by atoms with Gasteiger partial charge in [0, 0.05) is 18.7 Å². The first kappa shape index (κ1) is 14.8. The molecule has 108 valence electrons. The zero-order chi connectivity index (χ0) is 14.5. The minimum absolute atomic E-state index is 0.0316. The van der Waals surface area contributed by atoms with Crippen molar-refractivity contribution in [2.75, 3.05) is 26.8 Å². The molecule has 2 rings (SSSR count). The Bertz CT molecular complexity index is 512. The van der Waals surface area contributed by atoms with Crippen LogP contribution in [0.2, 0.25) is 0 Å². The van der Waals surface area contributed by atoms with E-state index in [1.807, 2.05) is 0 Å². The minimum atomic E-state index is -0.0323. The molecular formula is C14H16BrNO4. The number of carbonyl (C=O) groups is 2. The third-order valence-electron chi connectivity index (χ3n) is 3.19. The van der Waals surface area contributed by atoms with E-state index in [1.165, 1.54) is 7.11 Å². The van der Waals surface area contributed by atoms with E-state index in [2.05, 4.69) is 15.9 Å². The van der Waals surface area contributed by atoms with Crippen LogP contribution in [0.25, 0.3) is 0 Å². The molecule has 1 saturated heterocycles. The van der Waals surface area contributed by atoms with Gasteiger partial charge in [-0.25, -0.2) is 0 Å². The van der Waals surface area contributed by atoms with Gasteiger partial charge < -0.3 is 14.4 Å². The standard InChI is InChI=1S/C14H16BrNO4/c1-19-12-7-10(8-17)6-11(15)14(12)20-9-13(18)16-4-2-3-5-16/h6-8H,2-5,9H2,1H3. The first-order chi connectivity index (χ1) is 9.65. The van der Waals surface area contributed by atoms with Gasteiger partial charge in [0.15, 0.2) is 18.1 Å². The Morgan fingerprint density at radius 1 is 1.40 bits per heavy atom. The van der Waals surface area contributed by atoms with Crippen LogP contribution in [-0.4, -0.2) is 43.9 Å². The summed E-state index contributed by atoms with van der Waals surface area (Å²) in [6, 6.07) is 3.21. The number of methoxy groups -OCH3 is 1. The summed E-state index contributed by atoms with van der Waals surface area (Å²) in [6.45, 7) is 1.56. The van der Waals surface area contributed by atoms with E-state index in [0.29, 0.717) is 21.5 Å². The number of ether oxygens (including phenoxy) is 2. The van der Waals surface area contributed by atoms with Gasteiger partial charge in [-0.1, -0.05) is 0 Å². The number of carbonyl (C=O) groups excluding carboxylic acids is 2. The number of hydrogen-bond acceptors (Lipinski definition) is 4. The molecule has 0 saturated carbocycles. The molecule has 1 amide bonds. The number of hydrogen-bond donors (Lipinski definition) is 0. The maximum absolute atomic E-state index is 11.9. The van der Waals surface area contributed by atoms with E-state index in [-0.39, 0.29) is 12.5 Å². The Morgan fingerprint density at radius 3 is 2.70 bits per heavy atom. The Hall–Kier alpha value is -1.56. The molecule has 1 fully saturated rings. The number of rotatable bonds is 5. The van der Waals surface area contributed by atoms with E-state index >= 15 is 0 Å². The van der Waals surface area contributed by atoms with Crippen molar-refractivity contribution in [3.05, 3.63) is 22.2 Å². The number of amides is 1. The number of nitrogens with zero attached hydrogens (tertiary/aromatic N) is 1. The van der Waals surface area contributed by atoms with E-state index in [9.17, 15) is 9.59 Å². The normalized spacial score (nSPS) is 14.2. The molecular weight excluding hydrogens is 326 g/mol. The van der Waals surface area contributed by atoms with Crippen LogP contribution in [0.1, 0.15) is 23.2 Å². The highest BCUT2D eigenvalue weighted by atomic mass is 79.9. The van der Waals surface area contributed by atoms with Crippen molar-refractivity contribution >= 4 is 28.1 Å². The van der Waals surface area contributed by atoms with Gasteiger partial charge in [-0.05, 0) is 40.9 Å². The average molecular weight is 342 g/mol. The molecule has 0 radical (unpaired) electrons. The predicted molar refractivity (Wildman–Crippen MR) is 77.4 cm³/mol. The summed E-state index contributed by atoms with van der Waals surface area (Å²) in [5.74, 6) is 0.831. The maximum Gasteiger partial charge on any atom is 0.260 e. The van der Waals surface area contributed by atoms with E-state index in [4.69, 9.17) is 9.47 Å². The molecule has 0 N–H and O–H groups in total. The van der Waals surface area contributed by atoms with Gasteiger partial charge >= 0.3 is 0 Å². The van der Waals surface area contributed by atoms with Gasteiger partial charge in [0.25, 0.3) is 5.91 Å². The predicted octanol–water partition coefficient (Wildman–Crippen LogP) is 2.27. The van der Waals surface area contributed by atoms with Crippen LogP contribution in [0.3, 0.4) is 0 Å². The maximum atomic E-state index is 11.9. The monoisotopic (exact) mass is 341 g/mol. The molecule has 0 bridgehead atoms. The highest BCUT2D eigenvalue weighted by Gasteiger charge is 2.20. The lowest BCUT2D eigenvalue weighted by molar-refractivity contribution is -0.132. The smallest absolute Gasteiger partial charge is 0.260 e. The fourth-order valence-electron chi connectivity index (χ4n) is 2.14. The largest absolute Gasteiger partial charge is 0.493 e. The van der Waals surface area contributed by atoms with Gasteiger partial charge in [-0.2, -0.15) is 0 Å². The molecule has 1 aliphatic heterocycles. The van der Waals surface area contributed by atoms with E-state index < -0.39 is 0 Å². The van der Waals surface area contributed by atoms with Crippen LogP contribution in [0.5, 0.6) is 11.5 Å². The quantitative estimate of drug-likeness (QED) is 0.771. The highest BCUT2D eigenvalue weighted by Crippen LogP contribution is 2.36. The molecule has 5 nitrogen and oxygen atoms in total. The van der Waals surface area contributed by atoms with Gasteiger partial charge in [-0.15, -0.1) is 0 Å². The lowest BCUT2D eigenvalue weighted by Gasteiger charge is -2.17. The van der Waals surface area contributed by atoms with Crippen LogP contribution in [0.4, 0.5) is 0 Å². The molecule has 6 heteroatoms. The van der Waals surface area contributed by atoms with E-state index in [0.717, 1.165) is 32.2 Å². The summed E-state index contributed by atoms with van der Waals surface area (Å²) in [5.41, 5.74) is 0.479. The molecule has 0 unspecified atom stereocenters. The van der Waals surface area contributed by atoms with Crippen molar-refractivity contribution < 1.29 is 19.1 Å². The van der Waals surface area contributed by atoms with Crippen LogP contribution in [-0.2, 0) is 4.79 Å². The summed E-state index contributed by atoms with van der Waals surface area (Å²) in [7, 11) is 1.49. The van der Waals surface area contributed by atoms with E-state index in [1.54, 1.807) is 17.0 Å². The first-order valence-corrected chi connectivity index (χ1v) is 7.18. The van der Waals surface area contributed by atoms with Crippen LogP contribution < -0.4 is 9.47 Å². The zero-order valence-corrected chi connectivity index (χ0v) is 12.8. The van der Waals surface area contributed by atoms with Crippen LogP contribution >= 0.6 is 15.9 Å². The molecule has 1 aromatic carbocycles. The molecule has 1 aliphatic rings. The second-order valence-corrected chi connectivity index (χ2v) is 5.38. The summed E-state index contributed by atoms with van der Waals surface area (Å²) in [5, 5.41) is 0. The van der Waals surface area contributed by atoms with Gasteiger partial charge in [0.1, 0.15) is 6.29 Å². The summed E-state index contributed by atoms with van der Waals surface area (Å²) >= 11 is 3.32. The Morgan fingerprint density at radius 2 is 2.10 bits per heavy atom. The van der Waals surface area contributed by atoms with Crippen molar-refractivity contribution in [3.63, 3.8) is 0 Å². The minimum Gasteiger partial charge on any atom is -0.493 e. The fraction of sp³-hybridized carbons (Fsp3) is 0.429. The molecule has 1 heterocycles. The SMILES string of the molecule is COc1cc(C=O)cc(Br)c1OCC(=O)N1CCCC1. The molecule has 0 spiro atoms. The van der Waals surface area contributed by atoms with Crippen LogP contribution in [0, 0.1) is 0 Å². The molecule has 1 aromatic rings. The molecule has 0 aliphatic carbocycles. The van der Waals surface area contributed by atoms with Gasteiger partial charge in [-0.3, -0.25) is 9.59 Å². The topological polar surface area (TPSA) is 55.8 Å². The number of halogens is 1. The number of likely N-dealkylation sites (tertiary alicyclic amines) is 1. The van der Waals surface area contributed by atoms with Crippen LogP contribution in [0.15, 0.2) is 16.6 Å². The highest BCUT2D eigenvalue weighted by molar-refractivity contribution is 9.10. The van der Waals surface area contributed by atoms with Crippen molar-refractivity contribution in [2.24, 2.45) is 0 Å². The second-order valence-electron chi connectivity index (χ2n) is 4.53. The van der Waals surface area contributed by atoms with Gasteiger partial charge in [0.05, 0.1) is 11.6 Å². The lowest BCUT2D eigenvalue weighted by Crippen LogP contribution is -2.32. The fourth-order valence-corrected chi connectivity index (χ4v) is 2.71. The summed E-state index contributed by atoms with van der Waals surface area (Å²) in [4.78, 5) is 24.5. The zero-order valence-electron chi connectivity index (χ0n) is 11.2. The third kappa shape index (κ3) is 3.30. The Balaban J connectivity index is 2.08. The van der Waals surface area contributed by atoms with Crippen molar-refractivity contribution in [2.45, 2.75) is 12.8 Å². The lowest BCUT2D eigenvalue weighted by atomic mass is 10.2. The number of benzene rings is 1. The molecule has 0 atom stereocenters.